The molecule has 0 saturated carbocycles. The van der Waals surface area contributed by atoms with Gasteiger partial charge in [-0.1, -0.05) is 12.1 Å². The first-order chi connectivity index (χ1) is 12.0. The fourth-order valence-corrected chi connectivity index (χ4v) is 2.94. The van der Waals surface area contributed by atoms with E-state index in [1.807, 2.05) is 18.7 Å². The highest BCUT2D eigenvalue weighted by Gasteiger charge is 2.24. The van der Waals surface area contributed by atoms with Gasteiger partial charge in [0.2, 0.25) is 5.91 Å². The third-order valence-electron chi connectivity index (χ3n) is 4.19. The standard InChI is InChI=1S/C18H23FN4O2/c1-13(2)23-17(7-8-20-23)21-18(24)12-22-9-10-25-16(11-22)14-3-5-15(19)6-4-14/h3-8,13,16H,9-12H2,1-2H3,(H,21,24)/t16-/m1/s1. The lowest BCUT2D eigenvalue weighted by atomic mass is 10.1. The Hall–Kier alpha value is -2.25. The third kappa shape index (κ3) is 4.43. The van der Waals surface area contributed by atoms with Crippen LogP contribution in [0.5, 0.6) is 0 Å². The minimum absolute atomic E-state index is 0.0813. The van der Waals surface area contributed by atoms with Gasteiger partial charge in [0.25, 0.3) is 0 Å². The number of amides is 1. The van der Waals surface area contributed by atoms with Crippen LogP contribution >= 0.6 is 0 Å². The number of carbonyl (C=O) groups excluding carboxylic acids is 1. The maximum Gasteiger partial charge on any atom is 0.239 e. The van der Waals surface area contributed by atoms with Crippen LogP contribution in [0.1, 0.15) is 31.6 Å². The van der Waals surface area contributed by atoms with Crippen molar-refractivity contribution < 1.29 is 13.9 Å². The second-order valence-electron chi connectivity index (χ2n) is 6.45. The van der Waals surface area contributed by atoms with Crippen LogP contribution in [0, 0.1) is 5.82 Å². The first kappa shape index (κ1) is 17.6. The first-order valence-corrected chi connectivity index (χ1v) is 8.45. The Morgan fingerprint density at radius 1 is 1.36 bits per heavy atom. The van der Waals surface area contributed by atoms with Crippen LogP contribution in [-0.2, 0) is 9.53 Å². The summed E-state index contributed by atoms with van der Waals surface area (Å²) < 4.78 is 20.6. The smallest absolute Gasteiger partial charge is 0.239 e. The Bertz CT molecular complexity index is 714. The van der Waals surface area contributed by atoms with Gasteiger partial charge in [0, 0.05) is 25.2 Å². The van der Waals surface area contributed by atoms with Crippen molar-refractivity contribution in [1.82, 2.24) is 14.7 Å². The molecule has 1 saturated heterocycles. The lowest BCUT2D eigenvalue weighted by Gasteiger charge is -2.32. The second kappa shape index (κ2) is 7.76. The van der Waals surface area contributed by atoms with Gasteiger partial charge in [-0.15, -0.1) is 0 Å². The second-order valence-corrected chi connectivity index (χ2v) is 6.45. The van der Waals surface area contributed by atoms with Gasteiger partial charge in [0.15, 0.2) is 0 Å². The summed E-state index contributed by atoms with van der Waals surface area (Å²) in [5.41, 5.74) is 0.921. The van der Waals surface area contributed by atoms with Crippen molar-refractivity contribution in [3.8, 4) is 0 Å². The van der Waals surface area contributed by atoms with E-state index >= 15 is 0 Å². The lowest BCUT2D eigenvalue weighted by molar-refractivity contribution is -0.119. The van der Waals surface area contributed by atoms with E-state index in [1.165, 1.54) is 12.1 Å². The molecule has 25 heavy (non-hydrogen) atoms. The Morgan fingerprint density at radius 2 is 2.12 bits per heavy atom. The van der Waals surface area contributed by atoms with Crippen LogP contribution in [0.2, 0.25) is 0 Å². The molecule has 6 nitrogen and oxygen atoms in total. The Balaban J connectivity index is 1.57. The number of carbonyl (C=O) groups is 1. The molecule has 1 amide bonds. The highest BCUT2D eigenvalue weighted by molar-refractivity contribution is 5.91. The molecular weight excluding hydrogens is 323 g/mol. The van der Waals surface area contributed by atoms with Crippen LogP contribution in [0.15, 0.2) is 36.5 Å². The van der Waals surface area contributed by atoms with Crippen LogP contribution in [-0.4, -0.2) is 46.8 Å². The Morgan fingerprint density at radius 3 is 2.84 bits per heavy atom. The number of ether oxygens (including phenoxy) is 1. The first-order valence-electron chi connectivity index (χ1n) is 8.45. The van der Waals surface area contributed by atoms with Crippen LogP contribution < -0.4 is 5.32 Å². The molecule has 0 aliphatic carbocycles. The number of hydrogen-bond donors (Lipinski definition) is 1. The normalized spacial score (nSPS) is 18.5. The highest BCUT2D eigenvalue weighted by Crippen LogP contribution is 2.22. The van der Waals surface area contributed by atoms with E-state index < -0.39 is 0 Å². The number of nitrogens with zero attached hydrogens (tertiary/aromatic N) is 3. The number of benzene rings is 1. The molecule has 7 heteroatoms. The summed E-state index contributed by atoms with van der Waals surface area (Å²) in [5.74, 6) is 0.350. The zero-order valence-electron chi connectivity index (χ0n) is 14.5. The number of halogens is 1. The number of aromatic nitrogens is 2. The monoisotopic (exact) mass is 346 g/mol. The zero-order chi connectivity index (χ0) is 17.8. The fraction of sp³-hybridized carbons (Fsp3) is 0.444. The summed E-state index contributed by atoms with van der Waals surface area (Å²) >= 11 is 0. The Labute approximate surface area is 146 Å². The number of rotatable bonds is 5. The number of hydrogen-bond acceptors (Lipinski definition) is 4. The molecule has 1 aliphatic heterocycles. The largest absolute Gasteiger partial charge is 0.371 e. The van der Waals surface area contributed by atoms with Gasteiger partial charge in [-0.05, 0) is 31.5 Å². The molecule has 1 fully saturated rings. The average molecular weight is 346 g/mol. The van der Waals surface area contributed by atoms with Crippen molar-refractivity contribution >= 4 is 11.7 Å². The number of nitrogens with one attached hydrogen (secondary N) is 1. The molecule has 0 spiro atoms. The van der Waals surface area contributed by atoms with Crippen molar-refractivity contribution in [3.05, 3.63) is 47.9 Å². The molecule has 1 aliphatic rings. The number of morpholine rings is 1. The molecule has 1 aromatic heterocycles. The molecule has 2 heterocycles. The van der Waals surface area contributed by atoms with Gasteiger partial charge in [-0.3, -0.25) is 9.69 Å². The zero-order valence-corrected chi connectivity index (χ0v) is 14.5. The molecule has 0 unspecified atom stereocenters. The molecule has 134 valence electrons. The van der Waals surface area contributed by atoms with Gasteiger partial charge in [-0.25, -0.2) is 9.07 Å². The molecule has 1 atom stereocenters. The SMILES string of the molecule is CC(C)n1nccc1NC(=O)CN1CCO[C@@H](c2ccc(F)cc2)C1. The predicted octanol–water partition coefficient (Wildman–Crippen LogP) is 2.62. The van der Waals surface area contributed by atoms with Crippen molar-refractivity contribution in [2.45, 2.75) is 26.0 Å². The van der Waals surface area contributed by atoms with E-state index in [0.717, 1.165) is 5.56 Å². The van der Waals surface area contributed by atoms with Gasteiger partial charge in [-0.2, -0.15) is 5.10 Å². The Kier molecular flexibility index (Phi) is 5.45. The summed E-state index contributed by atoms with van der Waals surface area (Å²) in [6, 6.07) is 8.28. The molecule has 2 aromatic rings. The topological polar surface area (TPSA) is 59.4 Å². The van der Waals surface area contributed by atoms with E-state index in [2.05, 4.69) is 10.4 Å². The van der Waals surface area contributed by atoms with Gasteiger partial charge in [0.05, 0.1) is 25.5 Å². The summed E-state index contributed by atoms with van der Waals surface area (Å²) in [4.78, 5) is 14.4. The van der Waals surface area contributed by atoms with E-state index in [0.29, 0.717) is 25.5 Å². The number of anilines is 1. The highest BCUT2D eigenvalue weighted by atomic mass is 19.1. The molecule has 1 aromatic carbocycles. The summed E-state index contributed by atoms with van der Waals surface area (Å²) in [7, 11) is 0. The van der Waals surface area contributed by atoms with E-state index in [1.54, 1.807) is 29.1 Å². The van der Waals surface area contributed by atoms with Crippen LogP contribution in [0.4, 0.5) is 10.2 Å². The summed E-state index contributed by atoms with van der Waals surface area (Å²) in [5, 5.41) is 7.12. The molecule has 0 bridgehead atoms. The van der Waals surface area contributed by atoms with E-state index in [9.17, 15) is 9.18 Å². The lowest BCUT2D eigenvalue weighted by Crippen LogP contribution is -2.42. The fourth-order valence-electron chi connectivity index (χ4n) is 2.94. The van der Waals surface area contributed by atoms with E-state index in [4.69, 9.17) is 4.74 Å². The van der Waals surface area contributed by atoms with Crippen molar-refractivity contribution in [1.29, 1.82) is 0 Å². The molecule has 1 N–H and O–H groups in total. The maximum absolute atomic E-state index is 13.1. The molecule has 3 rings (SSSR count). The van der Waals surface area contributed by atoms with Crippen LogP contribution in [0.25, 0.3) is 0 Å². The predicted molar refractivity (Wildman–Crippen MR) is 92.8 cm³/mol. The van der Waals surface area contributed by atoms with Crippen molar-refractivity contribution in [2.75, 3.05) is 31.6 Å². The van der Waals surface area contributed by atoms with Crippen molar-refractivity contribution in [2.24, 2.45) is 0 Å². The minimum Gasteiger partial charge on any atom is -0.371 e. The summed E-state index contributed by atoms with van der Waals surface area (Å²) in [6.45, 7) is 6.14. The van der Waals surface area contributed by atoms with E-state index in [-0.39, 0.29) is 30.4 Å². The van der Waals surface area contributed by atoms with Gasteiger partial charge in [0.1, 0.15) is 11.6 Å². The third-order valence-corrected chi connectivity index (χ3v) is 4.19. The molecule has 0 radical (unpaired) electrons. The maximum atomic E-state index is 13.1. The van der Waals surface area contributed by atoms with Crippen LogP contribution in [0.3, 0.4) is 0 Å². The van der Waals surface area contributed by atoms with Gasteiger partial charge >= 0.3 is 0 Å². The average Bonchev–Trinajstić information content (AvgIpc) is 3.04. The minimum atomic E-state index is -0.266. The van der Waals surface area contributed by atoms with Gasteiger partial charge < -0.3 is 10.1 Å². The quantitative estimate of drug-likeness (QED) is 0.904. The summed E-state index contributed by atoms with van der Waals surface area (Å²) in [6.07, 6.45) is 1.53. The van der Waals surface area contributed by atoms with Crippen molar-refractivity contribution in [3.63, 3.8) is 0 Å². The molecular formula is C18H23FN4O2.